The van der Waals surface area contributed by atoms with Crippen molar-refractivity contribution in [3.63, 3.8) is 0 Å². The number of aromatic carboxylic acids is 1. The summed E-state index contributed by atoms with van der Waals surface area (Å²) >= 11 is 0. The molecule has 0 spiro atoms. The summed E-state index contributed by atoms with van der Waals surface area (Å²) in [7, 11) is 0. The van der Waals surface area contributed by atoms with Gasteiger partial charge >= 0.3 is 5.97 Å². The topological polar surface area (TPSA) is 86.7 Å². The Morgan fingerprint density at radius 1 is 1.27 bits per heavy atom. The van der Waals surface area contributed by atoms with Crippen LogP contribution >= 0.6 is 0 Å². The molecule has 2 amide bonds. The van der Waals surface area contributed by atoms with Crippen molar-refractivity contribution in [3.05, 3.63) is 35.4 Å². The molecule has 1 saturated heterocycles. The Morgan fingerprint density at radius 3 is 2.55 bits per heavy atom. The van der Waals surface area contributed by atoms with Gasteiger partial charge in [0.25, 0.3) is 0 Å². The number of carboxylic acids is 1. The van der Waals surface area contributed by atoms with E-state index in [1.54, 1.807) is 17.0 Å². The van der Waals surface area contributed by atoms with E-state index in [0.717, 1.165) is 24.9 Å². The van der Waals surface area contributed by atoms with Crippen LogP contribution in [0.2, 0.25) is 0 Å². The zero-order valence-electron chi connectivity index (χ0n) is 12.5. The summed E-state index contributed by atoms with van der Waals surface area (Å²) in [5.74, 6) is -1.20. The summed E-state index contributed by atoms with van der Waals surface area (Å²) < 4.78 is 0. The average Bonchev–Trinajstić information content (AvgIpc) is 2.53. The fourth-order valence-electron chi connectivity index (χ4n) is 2.58. The molecule has 1 aliphatic rings. The number of rotatable bonds is 4. The molecule has 0 unspecified atom stereocenters. The molecule has 1 atom stereocenters. The van der Waals surface area contributed by atoms with Gasteiger partial charge in [0.2, 0.25) is 11.8 Å². The van der Waals surface area contributed by atoms with E-state index in [0.29, 0.717) is 13.1 Å². The van der Waals surface area contributed by atoms with Gasteiger partial charge in [-0.1, -0.05) is 12.1 Å². The maximum Gasteiger partial charge on any atom is 0.335 e. The molecule has 2 N–H and O–H groups in total. The zero-order chi connectivity index (χ0) is 16.1. The van der Waals surface area contributed by atoms with Gasteiger partial charge in [0.15, 0.2) is 0 Å². The Morgan fingerprint density at radius 2 is 1.95 bits per heavy atom. The number of carbonyl (C=O) groups is 3. The molecule has 0 radical (unpaired) electrons. The summed E-state index contributed by atoms with van der Waals surface area (Å²) in [4.78, 5) is 36.0. The highest BCUT2D eigenvalue weighted by molar-refractivity contribution is 5.87. The number of hydrogen-bond acceptors (Lipinski definition) is 3. The molecule has 0 aromatic heterocycles. The molecule has 1 aliphatic heterocycles. The number of amides is 2. The Bertz CT molecular complexity index is 568. The smallest absolute Gasteiger partial charge is 0.335 e. The number of piperidine rings is 1. The number of benzene rings is 1. The normalized spacial score (nSPS) is 17.9. The molecule has 6 nitrogen and oxygen atoms in total. The highest BCUT2D eigenvalue weighted by Crippen LogP contribution is 2.17. The van der Waals surface area contributed by atoms with Crippen molar-refractivity contribution < 1.29 is 19.5 Å². The van der Waals surface area contributed by atoms with Gasteiger partial charge in [0.1, 0.15) is 0 Å². The SMILES string of the molecule is CC(=O)N1CCC[C@@H](C(=O)NCc2ccc(C(=O)O)cc2)C1. The summed E-state index contributed by atoms with van der Waals surface area (Å²) in [6.07, 6.45) is 1.62. The third-order valence-electron chi connectivity index (χ3n) is 3.91. The minimum atomic E-state index is -0.970. The summed E-state index contributed by atoms with van der Waals surface area (Å²) in [5.41, 5.74) is 1.07. The van der Waals surface area contributed by atoms with Gasteiger partial charge in [0, 0.05) is 26.6 Å². The number of carbonyl (C=O) groups excluding carboxylic acids is 2. The molecular formula is C16H20N2O4. The Hall–Kier alpha value is -2.37. The van der Waals surface area contributed by atoms with Gasteiger partial charge in [-0.15, -0.1) is 0 Å². The summed E-state index contributed by atoms with van der Waals surface area (Å²) in [6.45, 7) is 3.06. The van der Waals surface area contributed by atoms with Crippen molar-refractivity contribution in [1.29, 1.82) is 0 Å². The standard InChI is InChI=1S/C16H20N2O4/c1-11(19)18-8-2-3-14(10-18)15(20)17-9-12-4-6-13(7-5-12)16(21)22/h4-7,14H,2-3,8-10H2,1H3,(H,17,20)(H,21,22)/t14-/m1/s1. The van der Waals surface area contributed by atoms with E-state index in [4.69, 9.17) is 5.11 Å². The number of likely N-dealkylation sites (tertiary alicyclic amines) is 1. The second kappa shape index (κ2) is 7.06. The van der Waals surface area contributed by atoms with E-state index in [1.807, 2.05) is 0 Å². The van der Waals surface area contributed by atoms with Gasteiger partial charge in [-0.05, 0) is 30.5 Å². The fraction of sp³-hybridized carbons (Fsp3) is 0.438. The maximum atomic E-state index is 12.2. The molecule has 1 heterocycles. The third kappa shape index (κ3) is 4.07. The summed E-state index contributed by atoms with van der Waals surface area (Å²) in [6, 6.07) is 6.41. The van der Waals surface area contributed by atoms with Crippen LogP contribution in [0.25, 0.3) is 0 Å². The molecule has 22 heavy (non-hydrogen) atoms. The van der Waals surface area contributed by atoms with E-state index in [-0.39, 0.29) is 23.3 Å². The van der Waals surface area contributed by atoms with E-state index in [1.165, 1.54) is 19.1 Å². The van der Waals surface area contributed by atoms with Crippen molar-refractivity contribution in [1.82, 2.24) is 10.2 Å². The van der Waals surface area contributed by atoms with Gasteiger partial charge in [-0.25, -0.2) is 4.79 Å². The lowest BCUT2D eigenvalue weighted by Gasteiger charge is -2.31. The first-order valence-electron chi connectivity index (χ1n) is 7.33. The molecular weight excluding hydrogens is 284 g/mol. The van der Waals surface area contributed by atoms with E-state index in [2.05, 4.69) is 5.32 Å². The first-order chi connectivity index (χ1) is 10.5. The van der Waals surface area contributed by atoms with Crippen LogP contribution in [0.5, 0.6) is 0 Å². The first-order valence-corrected chi connectivity index (χ1v) is 7.33. The third-order valence-corrected chi connectivity index (χ3v) is 3.91. The molecule has 0 aliphatic carbocycles. The van der Waals surface area contributed by atoms with Crippen LogP contribution in [-0.2, 0) is 16.1 Å². The molecule has 1 fully saturated rings. The van der Waals surface area contributed by atoms with Gasteiger partial charge < -0.3 is 15.3 Å². The maximum absolute atomic E-state index is 12.2. The molecule has 0 bridgehead atoms. The van der Waals surface area contributed by atoms with Crippen LogP contribution in [0.15, 0.2) is 24.3 Å². The molecule has 1 aromatic carbocycles. The highest BCUT2D eigenvalue weighted by Gasteiger charge is 2.26. The molecule has 1 aromatic rings. The second-order valence-corrected chi connectivity index (χ2v) is 5.52. The molecule has 0 saturated carbocycles. The fourth-order valence-corrected chi connectivity index (χ4v) is 2.58. The van der Waals surface area contributed by atoms with E-state index < -0.39 is 5.97 Å². The van der Waals surface area contributed by atoms with Crippen LogP contribution < -0.4 is 5.32 Å². The number of carboxylic acid groups (broad SMARTS) is 1. The average molecular weight is 304 g/mol. The predicted octanol–water partition coefficient (Wildman–Crippen LogP) is 1.26. The zero-order valence-corrected chi connectivity index (χ0v) is 12.5. The van der Waals surface area contributed by atoms with Crippen molar-refractivity contribution in [2.45, 2.75) is 26.3 Å². The Labute approximate surface area is 129 Å². The highest BCUT2D eigenvalue weighted by atomic mass is 16.4. The lowest BCUT2D eigenvalue weighted by Crippen LogP contribution is -2.44. The monoisotopic (exact) mass is 304 g/mol. The Balaban J connectivity index is 1.86. The number of hydrogen-bond donors (Lipinski definition) is 2. The van der Waals surface area contributed by atoms with Crippen molar-refractivity contribution in [2.75, 3.05) is 13.1 Å². The number of nitrogens with zero attached hydrogens (tertiary/aromatic N) is 1. The molecule has 2 rings (SSSR count). The van der Waals surface area contributed by atoms with Crippen molar-refractivity contribution in [3.8, 4) is 0 Å². The van der Waals surface area contributed by atoms with E-state index >= 15 is 0 Å². The van der Waals surface area contributed by atoms with E-state index in [9.17, 15) is 14.4 Å². The van der Waals surface area contributed by atoms with Crippen LogP contribution in [0.4, 0.5) is 0 Å². The second-order valence-electron chi connectivity index (χ2n) is 5.52. The molecule has 118 valence electrons. The summed E-state index contributed by atoms with van der Waals surface area (Å²) in [5, 5.41) is 11.7. The molecule has 6 heteroatoms. The quantitative estimate of drug-likeness (QED) is 0.876. The van der Waals surface area contributed by atoms with Crippen LogP contribution in [0.3, 0.4) is 0 Å². The van der Waals surface area contributed by atoms with Gasteiger partial charge in [-0.2, -0.15) is 0 Å². The minimum absolute atomic E-state index is 0.00163. The largest absolute Gasteiger partial charge is 0.478 e. The number of nitrogens with one attached hydrogen (secondary N) is 1. The minimum Gasteiger partial charge on any atom is -0.478 e. The predicted molar refractivity (Wildman–Crippen MR) is 80.2 cm³/mol. The van der Waals surface area contributed by atoms with Gasteiger partial charge in [-0.3, -0.25) is 9.59 Å². The van der Waals surface area contributed by atoms with Crippen LogP contribution in [0, 0.1) is 5.92 Å². The van der Waals surface area contributed by atoms with Crippen molar-refractivity contribution >= 4 is 17.8 Å². The lowest BCUT2D eigenvalue weighted by molar-refractivity contribution is -0.134. The van der Waals surface area contributed by atoms with Crippen LogP contribution in [-0.4, -0.2) is 40.9 Å². The first kappa shape index (κ1) is 16.0. The van der Waals surface area contributed by atoms with Crippen molar-refractivity contribution in [2.24, 2.45) is 5.92 Å². The lowest BCUT2D eigenvalue weighted by atomic mass is 9.97. The van der Waals surface area contributed by atoms with Crippen LogP contribution in [0.1, 0.15) is 35.7 Å². The van der Waals surface area contributed by atoms with Gasteiger partial charge in [0.05, 0.1) is 11.5 Å². The Kier molecular flexibility index (Phi) is 5.14.